The largest absolute Gasteiger partial charge is 0.347 e. The summed E-state index contributed by atoms with van der Waals surface area (Å²) in [5.41, 5.74) is 4.14. The molecule has 1 saturated carbocycles. The van der Waals surface area contributed by atoms with Crippen molar-refractivity contribution in [3.05, 3.63) is 85.4 Å². The molecule has 0 radical (unpaired) electrons. The minimum absolute atomic E-state index is 0.230. The third kappa shape index (κ3) is 7.03. The molecule has 0 aromatic carbocycles. The van der Waals surface area contributed by atoms with Gasteiger partial charge >= 0.3 is 0 Å². The van der Waals surface area contributed by atoms with Crippen molar-refractivity contribution in [2.24, 2.45) is 4.99 Å². The molecular formula is C25H31N5O. The predicted molar refractivity (Wildman–Crippen MR) is 129 cm³/mol. The Kier molecular flexibility index (Phi) is 9.36. The fourth-order valence-corrected chi connectivity index (χ4v) is 2.82. The first-order valence-electron chi connectivity index (χ1n) is 10.4. The Hall–Kier alpha value is -3.54. The zero-order valence-corrected chi connectivity index (χ0v) is 18.4. The van der Waals surface area contributed by atoms with E-state index in [1.54, 1.807) is 30.6 Å². The highest BCUT2D eigenvalue weighted by Gasteiger charge is 2.25. The van der Waals surface area contributed by atoms with Crippen LogP contribution in [-0.2, 0) is 0 Å². The summed E-state index contributed by atoms with van der Waals surface area (Å²) in [4.78, 5) is 24.6. The van der Waals surface area contributed by atoms with Gasteiger partial charge in [-0.2, -0.15) is 0 Å². The molecule has 0 bridgehead atoms. The Balaban J connectivity index is 0.000000785. The average molecular weight is 418 g/mol. The minimum atomic E-state index is -0.230. The Bertz CT molecular complexity index is 979. The normalized spacial score (nSPS) is 13.6. The molecule has 1 aliphatic carbocycles. The molecule has 0 saturated heterocycles. The van der Waals surface area contributed by atoms with Crippen LogP contribution in [0.4, 0.5) is 0 Å². The predicted octanol–water partition coefficient (Wildman–Crippen LogP) is 5.26. The van der Waals surface area contributed by atoms with Crippen molar-refractivity contribution in [2.75, 3.05) is 6.54 Å². The second kappa shape index (κ2) is 12.2. The van der Waals surface area contributed by atoms with Crippen LogP contribution in [0.25, 0.3) is 11.1 Å². The van der Waals surface area contributed by atoms with Gasteiger partial charge in [-0.3, -0.25) is 14.8 Å². The summed E-state index contributed by atoms with van der Waals surface area (Å²) < 4.78 is 2.20. The first kappa shape index (κ1) is 23.7. The highest BCUT2D eigenvalue weighted by atomic mass is 16.1. The summed E-state index contributed by atoms with van der Waals surface area (Å²) in [5, 5.41) is 2.88. The summed E-state index contributed by atoms with van der Waals surface area (Å²) in [6.07, 6.45) is 16.0. The number of hydrogen-bond donors (Lipinski definition) is 1. The molecule has 1 aliphatic rings. The Morgan fingerprint density at radius 2 is 2.13 bits per heavy atom. The number of carbonyl (C=O) groups is 1. The molecule has 0 atom stereocenters. The van der Waals surface area contributed by atoms with Crippen LogP contribution in [0.1, 0.15) is 60.9 Å². The van der Waals surface area contributed by atoms with Gasteiger partial charge in [0.1, 0.15) is 5.69 Å². The topological polar surface area (TPSA) is 72.2 Å². The number of allylic oxidation sites excluding steroid dienone is 4. The van der Waals surface area contributed by atoms with Gasteiger partial charge in [-0.15, -0.1) is 6.58 Å². The number of hydrogen-bond acceptors (Lipinski definition) is 4. The van der Waals surface area contributed by atoms with E-state index in [0.29, 0.717) is 18.3 Å². The minimum Gasteiger partial charge on any atom is -0.347 e. The first-order valence-corrected chi connectivity index (χ1v) is 10.4. The lowest BCUT2D eigenvalue weighted by atomic mass is 10.1. The number of amides is 1. The van der Waals surface area contributed by atoms with Gasteiger partial charge in [0.25, 0.3) is 5.91 Å². The van der Waals surface area contributed by atoms with Crippen molar-refractivity contribution >= 4 is 23.8 Å². The molecule has 162 valence electrons. The Morgan fingerprint density at radius 1 is 1.39 bits per heavy atom. The van der Waals surface area contributed by atoms with Crippen LogP contribution < -0.4 is 5.32 Å². The zero-order valence-electron chi connectivity index (χ0n) is 18.4. The third-order valence-electron chi connectivity index (χ3n) is 4.75. The van der Waals surface area contributed by atoms with Crippen molar-refractivity contribution < 1.29 is 4.79 Å². The van der Waals surface area contributed by atoms with Gasteiger partial charge in [-0.25, -0.2) is 4.98 Å². The highest BCUT2D eigenvalue weighted by Crippen LogP contribution is 2.36. The van der Waals surface area contributed by atoms with Crippen molar-refractivity contribution in [2.45, 2.75) is 39.2 Å². The van der Waals surface area contributed by atoms with E-state index in [-0.39, 0.29) is 5.91 Å². The summed E-state index contributed by atoms with van der Waals surface area (Å²) in [5.74, 6) is -0.230. The average Bonchev–Trinajstić information content (AvgIpc) is 3.53. The quantitative estimate of drug-likeness (QED) is 0.344. The van der Waals surface area contributed by atoms with Crippen LogP contribution in [-0.4, -0.2) is 33.7 Å². The lowest BCUT2D eigenvalue weighted by Gasteiger charge is -2.08. The third-order valence-corrected chi connectivity index (χ3v) is 4.75. The van der Waals surface area contributed by atoms with Crippen LogP contribution in [0.15, 0.2) is 73.4 Å². The monoisotopic (exact) mass is 417 g/mol. The molecule has 1 N–H and O–H groups in total. The number of aliphatic imine (C=N–C) groups is 1. The van der Waals surface area contributed by atoms with Crippen LogP contribution in [0.2, 0.25) is 0 Å². The van der Waals surface area contributed by atoms with E-state index in [4.69, 9.17) is 0 Å². The maximum atomic E-state index is 12.4. The molecule has 6 heteroatoms. The van der Waals surface area contributed by atoms with Gasteiger partial charge in [0.2, 0.25) is 0 Å². The highest BCUT2D eigenvalue weighted by molar-refractivity contribution is 5.93. The van der Waals surface area contributed by atoms with Crippen molar-refractivity contribution in [1.82, 2.24) is 19.9 Å². The molecule has 1 fully saturated rings. The molecule has 0 unspecified atom stereocenters. The molecule has 2 aromatic heterocycles. The molecule has 6 nitrogen and oxygen atoms in total. The van der Waals surface area contributed by atoms with E-state index in [0.717, 1.165) is 28.8 Å². The molecule has 2 heterocycles. The molecule has 1 amide bonds. The number of nitrogens with zero attached hydrogens (tertiary/aromatic N) is 4. The Morgan fingerprint density at radius 3 is 2.74 bits per heavy atom. The summed E-state index contributed by atoms with van der Waals surface area (Å²) in [6.45, 7) is 15.2. The van der Waals surface area contributed by atoms with E-state index >= 15 is 0 Å². The van der Waals surface area contributed by atoms with Gasteiger partial charge in [-0.1, -0.05) is 31.7 Å². The van der Waals surface area contributed by atoms with Crippen molar-refractivity contribution in [3.8, 4) is 0 Å². The van der Waals surface area contributed by atoms with Crippen LogP contribution in [0.5, 0.6) is 0 Å². The molecule has 0 aliphatic heterocycles. The summed E-state index contributed by atoms with van der Waals surface area (Å²) >= 11 is 0. The zero-order chi connectivity index (χ0) is 22.6. The van der Waals surface area contributed by atoms with E-state index < -0.39 is 0 Å². The van der Waals surface area contributed by atoms with Crippen LogP contribution >= 0.6 is 0 Å². The van der Waals surface area contributed by atoms with E-state index in [2.05, 4.69) is 51.6 Å². The smallest absolute Gasteiger partial charge is 0.270 e. The van der Waals surface area contributed by atoms with Crippen LogP contribution in [0.3, 0.4) is 0 Å². The van der Waals surface area contributed by atoms with Crippen molar-refractivity contribution in [1.29, 1.82) is 0 Å². The van der Waals surface area contributed by atoms with E-state index in [1.807, 2.05) is 31.6 Å². The molecular weight excluding hydrogens is 386 g/mol. The summed E-state index contributed by atoms with van der Waals surface area (Å²) in [6, 6.07) is 4.09. The second-order valence-corrected chi connectivity index (χ2v) is 7.11. The fraction of sp³-hybridized carbons (Fsp3) is 0.280. The molecule has 3 rings (SSSR count). The van der Waals surface area contributed by atoms with E-state index in [1.165, 1.54) is 12.8 Å². The lowest BCUT2D eigenvalue weighted by molar-refractivity contribution is 0.0953. The maximum Gasteiger partial charge on any atom is 0.270 e. The van der Waals surface area contributed by atoms with Gasteiger partial charge in [0, 0.05) is 25.0 Å². The fourth-order valence-electron chi connectivity index (χ4n) is 2.82. The van der Waals surface area contributed by atoms with E-state index in [9.17, 15) is 4.79 Å². The lowest BCUT2D eigenvalue weighted by Crippen LogP contribution is -2.24. The number of imidazole rings is 1. The Labute approximate surface area is 184 Å². The van der Waals surface area contributed by atoms with Crippen LogP contribution in [0, 0.1) is 0 Å². The standard InChI is InChI=1S/C21H23N5O.C4H8/c1-4-16(12-22-3)17-8-10-24-19(11-17)21(27)25-9-7-15(2)20-13-23-14-26(20)18-5-6-18;1-3-4-2/h4,7-8,10-14,18H,1,3,5-6,9H2,2H3,(H,25,27);3H,1,4H2,2H3/b15-7+,16-12+;. The molecule has 0 spiro atoms. The maximum absolute atomic E-state index is 12.4. The van der Waals surface area contributed by atoms with Crippen molar-refractivity contribution in [3.63, 3.8) is 0 Å². The summed E-state index contributed by atoms with van der Waals surface area (Å²) in [7, 11) is 0. The number of rotatable bonds is 9. The SMILES string of the molecule is C=C/C(=C\N=C)c1ccnc(C(=O)NC/C=C(\C)c2cncn2C2CC2)c1.C=CCC. The molecule has 2 aromatic rings. The number of carbonyl (C=O) groups excluding carboxylic acids is 1. The number of nitrogens with one attached hydrogen (secondary N) is 1. The van der Waals surface area contributed by atoms with Gasteiger partial charge in [0.15, 0.2) is 0 Å². The number of aromatic nitrogens is 3. The number of pyridine rings is 1. The molecule has 31 heavy (non-hydrogen) atoms. The second-order valence-electron chi connectivity index (χ2n) is 7.11. The first-order chi connectivity index (χ1) is 15.0. The van der Waals surface area contributed by atoms with Gasteiger partial charge in [-0.05, 0) is 61.7 Å². The van der Waals surface area contributed by atoms with Gasteiger partial charge < -0.3 is 9.88 Å². The van der Waals surface area contributed by atoms with Gasteiger partial charge in [0.05, 0.1) is 18.2 Å².